The zero-order valence-electron chi connectivity index (χ0n) is 12.1. The van der Waals surface area contributed by atoms with E-state index in [1.807, 2.05) is 42.3 Å². The van der Waals surface area contributed by atoms with E-state index in [-0.39, 0.29) is 16.9 Å². The van der Waals surface area contributed by atoms with Crippen molar-refractivity contribution in [2.24, 2.45) is 17.6 Å². The van der Waals surface area contributed by atoms with E-state index in [0.29, 0.717) is 12.3 Å². The lowest BCUT2D eigenvalue weighted by Gasteiger charge is -2.28. The Morgan fingerprint density at radius 3 is 2.50 bits per heavy atom. The average molecular weight is 290 g/mol. The van der Waals surface area contributed by atoms with Crippen LogP contribution >= 0.6 is 12.2 Å². The van der Waals surface area contributed by atoms with Crippen LogP contribution in [0.2, 0.25) is 0 Å². The van der Waals surface area contributed by atoms with Gasteiger partial charge in [-0.15, -0.1) is 0 Å². The molecule has 0 saturated heterocycles. The number of nitrogens with zero attached hydrogens (tertiary/aromatic N) is 1. The van der Waals surface area contributed by atoms with Crippen molar-refractivity contribution in [1.82, 2.24) is 4.90 Å². The number of carbonyl (C=O) groups is 1. The van der Waals surface area contributed by atoms with Gasteiger partial charge >= 0.3 is 0 Å². The van der Waals surface area contributed by atoms with Crippen molar-refractivity contribution in [2.45, 2.75) is 32.2 Å². The summed E-state index contributed by atoms with van der Waals surface area (Å²) in [6.07, 6.45) is 3.02. The van der Waals surface area contributed by atoms with E-state index in [1.54, 1.807) is 0 Å². The van der Waals surface area contributed by atoms with Gasteiger partial charge in [0, 0.05) is 13.1 Å². The number of hydrogen-bond acceptors (Lipinski definition) is 2. The first kappa shape index (κ1) is 15.0. The molecule has 2 N–H and O–H groups in total. The van der Waals surface area contributed by atoms with Crippen LogP contribution in [0, 0.1) is 11.8 Å². The summed E-state index contributed by atoms with van der Waals surface area (Å²) in [7, 11) is 1.86. The third-order valence-electron chi connectivity index (χ3n) is 4.19. The highest BCUT2D eigenvalue weighted by Gasteiger charge is 2.35. The van der Waals surface area contributed by atoms with Crippen molar-refractivity contribution in [2.75, 3.05) is 7.05 Å². The summed E-state index contributed by atoms with van der Waals surface area (Å²) in [6.45, 7) is 2.11. The molecule has 2 atom stereocenters. The van der Waals surface area contributed by atoms with Gasteiger partial charge in [0.2, 0.25) is 5.91 Å². The first-order chi connectivity index (χ1) is 9.50. The Bertz CT molecular complexity index is 485. The SMILES string of the molecule is CC(C1CC1)N(C)C(=O)C(Cc1ccccc1)C(N)=S. The Kier molecular flexibility index (Phi) is 4.76. The van der Waals surface area contributed by atoms with Crippen LogP contribution < -0.4 is 5.73 Å². The van der Waals surface area contributed by atoms with Crippen LogP contribution in [0.3, 0.4) is 0 Å². The van der Waals surface area contributed by atoms with Gasteiger partial charge in [-0.1, -0.05) is 42.5 Å². The van der Waals surface area contributed by atoms with Crippen molar-refractivity contribution in [3.63, 3.8) is 0 Å². The summed E-state index contributed by atoms with van der Waals surface area (Å²) >= 11 is 5.11. The number of nitrogens with two attached hydrogens (primary N) is 1. The minimum absolute atomic E-state index is 0.0424. The summed E-state index contributed by atoms with van der Waals surface area (Å²) in [6, 6.07) is 10.2. The second kappa shape index (κ2) is 6.35. The van der Waals surface area contributed by atoms with Gasteiger partial charge in [-0.3, -0.25) is 4.79 Å². The fraction of sp³-hybridized carbons (Fsp3) is 0.500. The minimum atomic E-state index is -0.404. The molecule has 2 rings (SSSR count). The summed E-state index contributed by atoms with van der Waals surface area (Å²) in [5, 5.41) is 0. The van der Waals surface area contributed by atoms with Gasteiger partial charge in [0.1, 0.15) is 0 Å². The molecule has 108 valence electrons. The second-order valence-electron chi connectivity index (χ2n) is 5.67. The Hall–Kier alpha value is -1.42. The molecule has 3 nitrogen and oxygen atoms in total. The van der Waals surface area contributed by atoms with Gasteiger partial charge in [-0.05, 0) is 37.7 Å². The first-order valence-electron chi connectivity index (χ1n) is 7.10. The van der Waals surface area contributed by atoms with Crippen molar-refractivity contribution in [3.8, 4) is 0 Å². The predicted molar refractivity (Wildman–Crippen MR) is 85.4 cm³/mol. The summed E-state index contributed by atoms with van der Waals surface area (Å²) in [5.74, 6) is 0.284. The molecular weight excluding hydrogens is 268 g/mol. The first-order valence-corrected chi connectivity index (χ1v) is 7.51. The van der Waals surface area contributed by atoms with E-state index < -0.39 is 5.92 Å². The van der Waals surface area contributed by atoms with Crippen molar-refractivity contribution in [3.05, 3.63) is 35.9 Å². The summed E-state index contributed by atoms with van der Waals surface area (Å²) in [4.78, 5) is 14.7. The zero-order valence-corrected chi connectivity index (χ0v) is 12.9. The maximum Gasteiger partial charge on any atom is 0.232 e. The maximum atomic E-state index is 12.6. The van der Waals surface area contributed by atoms with Crippen LogP contribution in [0.25, 0.3) is 0 Å². The molecule has 0 heterocycles. The molecule has 1 amide bonds. The van der Waals surface area contributed by atoms with E-state index in [1.165, 1.54) is 12.8 Å². The molecule has 1 fully saturated rings. The van der Waals surface area contributed by atoms with Crippen LogP contribution in [-0.2, 0) is 11.2 Å². The smallest absolute Gasteiger partial charge is 0.232 e. The van der Waals surface area contributed by atoms with Gasteiger partial charge in [0.25, 0.3) is 0 Å². The van der Waals surface area contributed by atoms with E-state index in [9.17, 15) is 4.79 Å². The molecule has 1 saturated carbocycles. The lowest BCUT2D eigenvalue weighted by atomic mass is 9.97. The standard InChI is InChI=1S/C16H22N2OS/c1-11(13-8-9-13)18(2)16(19)14(15(17)20)10-12-6-4-3-5-7-12/h3-7,11,13-14H,8-10H2,1-2H3,(H2,17,20). The van der Waals surface area contributed by atoms with E-state index >= 15 is 0 Å². The highest BCUT2D eigenvalue weighted by molar-refractivity contribution is 7.80. The van der Waals surface area contributed by atoms with Crippen LogP contribution in [-0.4, -0.2) is 28.9 Å². The van der Waals surface area contributed by atoms with Crippen LogP contribution in [0.15, 0.2) is 30.3 Å². The Balaban J connectivity index is 2.07. The third kappa shape index (κ3) is 3.57. The van der Waals surface area contributed by atoms with Gasteiger partial charge < -0.3 is 10.6 Å². The van der Waals surface area contributed by atoms with Crippen LogP contribution in [0.5, 0.6) is 0 Å². The summed E-state index contributed by atoms with van der Waals surface area (Å²) in [5.41, 5.74) is 6.89. The second-order valence-corrected chi connectivity index (χ2v) is 6.14. The highest BCUT2D eigenvalue weighted by Crippen LogP contribution is 2.35. The number of carbonyl (C=O) groups excluding carboxylic acids is 1. The highest BCUT2D eigenvalue weighted by atomic mass is 32.1. The molecule has 2 unspecified atom stereocenters. The zero-order chi connectivity index (χ0) is 14.7. The number of hydrogen-bond donors (Lipinski definition) is 1. The molecule has 0 radical (unpaired) electrons. The Labute approximate surface area is 126 Å². The molecule has 1 aromatic carbocycles. The third-order valence-corrected chi connectivity index (χ3v) is 4.47. The van der Waals surface area contributed by atoms with E-state index in [4.69, 9.17) is 18.0 Å². The van der Waals surface area contributed by atoms with Gasteiger partial charge in [0.15, 0.2) is 0 Å². The normalized spacial score (nSPS) is 17.3. The molecule has 0 aliphatic heterocycles. The molecule has 1 aliphatic rings. The molecule has 0 spiro atoms. The number of amides is 1. The lowest BCUT2D eigenvalue weighted by Crippen LogP contribution is -2.44. The molecule has 1 aliphatic carbocycles. The Morgan fingerprint density at radius 2 is 2.00 bits per heavy atom. The summed E-state index contributed by atoms with van der Waals surface area (Å²) < 4.78 is 0. The van der Waals surface area contributed by atoms with Gasteiger partial charge in [-0.2, -0.15) is 0 Å². The molecule has 4 heteroatoms. The van der Waals surface area contributed by atoms with E-state index in [0.717, 1.165) is 5.56 Å². The Morgan fingerprint density at radius 1 is 1.40 bits per heavy atom. The van der Waals surface area contributed by atoms with Crippen molar-refractivity contribution < 1.29 is 4.79 Å². The number of benzene rings is 1. The largest absolute Gasteiger partial charge is 0.393 e. The maximum absolute atomic E-state index is 12.6. The monoisotopic (exact) mass is 290 g/mol. The number of thiocarbonyl (C=S) groups is 1. The van der Waals surface area contributed by atoms with Crippen molar-refractivity contribution in [1.29, 1.82) is 0 Å². The molecule has 20 heavy (non-hydrogen) atoms. The van der Waals surface area contributed by atoms with Gasteiger partial charge in [-0.25, -0.2) is 0 Å². The van der Waals surface area contributed by atoms with Crippen molar-refractivity contribution >= 4 is 23.1 Å². The molecule has 0 bridgehead atoms. The lowest BCUT2D eigenvalue weighted by molar-refractivity contribution is -0.134. The molecule has 1 aromatic rings. The number of rotatable bonds is 6. The minimum Gasteiger partial charge on any atom is -0.393 e. The molecular formula is C16H22N2OS. The predicted octanol–water partition coefficient (Wildman–Crippen LogP) is 2.39. The fourth-order valence-corrected chi connectivity index (χ4v) is 2.68. The topological polar surface area (TPSA) is 46.3 Å². The van der Waals surface area contributed by atoms with Crippen LogP contribution in [0.1, 0.15) is 25.3 Å². The fourth-order valence-electron chi connectivity index (χ4n) is 2.50. The van der Waals surface area contributed by atoms with Crippen LogP contribution in [0.4, 0.5) is 0 Å². The van der Waals surface area contributed by atoms with Gasteiger partial charge in [0.05, 0.1) is 10.9 Å². The quantitative estimate of drug-likeness (QED) is 0.818. The van der Waals surface area contributed by atoms with E-state index in [2.05, 4.69) is 6.92 Å². The average Bonchev–Trinajstić information content (AvgIpc) is 3.28. The molecule has 0 aromatic heterocycles.